The van der Waals surface area contributed by atoms with Gasteiger partial charge in [0.05, 0.1) is 13.4 Å². The van der Waals surface area contributed by atoms with E-state index in [1.807, 2.05) is 24.3 Å². The van der Waals surface area contributed by atoms with E-state index in [9.17, 15) is 0 Å². The summed E-state index contributed by atoms with van der Waals surface area (Å²) in [5.74, 6) is 2.31. The highest BCUT2D eigenvalue weighted by Gasteiger charge is 2.05. The molecule has 6 nitrogen and oxygen atoms in total. The molecule has 25 heavy (non-hydrogen) atoms. The van der Waals surface area contributed by atoms with Gasteiger partial charge in [0.2, 0.25) is 0 Å². The van der Waals surface area contributed by atoms with E-state index in [2.05, 4.69) is 15.6 Å². The van der Waals surface area contributed by atoms with Crippen molar-refractivity contribution in [3.8, 4) is 5.75 Å². The SMILES string of the molecule is CN=C(NCCCOCc1ccco1)NCc1ccc(Cl)cc1OC. The summed E-state index contributed by atoms with van der Waals surface area (Å²) in [6.45, 7) is 2.50. The van der Waals surface area contributed by atoms with E-state index in [-0.39, 0.29) is 0 Å². The molecule has 0 saturated heterocycles. The molecule has 2 N–H and O–H groups in total. The molecule has 0 unspecified atom stereocenters. The lowest BCUT2D eigenvalue weighted by atomic mass is 10.2. The van der Waals surface area contributed by atoms with Gasteiger partial charge >= 0.3 is 0 Å². The van der Waals surface area contributed by atoms with E-state index in [4.69, 9.17) is 25.5 Å². The number of halogens is 1. The van der Waals surface area contributed by atoms with Gasteiger partial charge in [0.1, 0.15) is 18.1 Å². The van der Waals surface area contributed by atoms with E-state index in [0.29, 0.717) is 24.8 Å². The van der Waals surface area contributed by atoms with Crippen molar-refractivity contribution < 1.29 is 13.9 Å². The fourth-order valence-electron chi connectivity index (χ4n) is 2.21. The maximum Gasteiger partial charge on any atom is 0.191 e. The van der Waals surface area contributed by atoms with Crippen LogP contribution in [0.15, 0.2) is 46.0 Å². The van der Waals surface area contributed by atoms with Crippen LogP contribution in [0.5, 0.6) is 5.75 Å². The van der Waals surface area contributed by atoms with Crippen LogP contribution in [0.2, 0.25) is 5.02 Å². The van der Waals surface area contributed by atoms with Gasteiger partial charge in [0.25, 0.3) is 0 Å². The number of guanidine groups is 1. The predicted molar refractivity (Wildman–Crippen MR) is 99.2 cm³/mol. The van der Waals surface area contributed by atoms with Crippen molar-refractivity contribution in [2.24, 2.45) is 4.99 Å². The number of nitrogens with one attached hydrogen (secondary N) is 2. The number of rotatable bonds is 9. The zero-order valence-corrected chi connectivity index (χ0v) is 15.3. The first kappa shape index (κ1) is 19.1. The Balaban J connectivity index is 1.65. The maximum atomic E-state index is 5.97. The monoisotopic (exact) mass is 365 g/mol. The molecule has 136 valence electrons. The number of methoxy groups -OCH3 is 1. The second-order valence-electron chi connectivity index (χ2n) is 5.29. The minimum Gasteiger partial charge on any atom is -0.496 e. The summed E-state index contributed by atoms with van der Waals surface area (Å²) in [4.78, 5) is 4.21. The zero-order valence-electron chi connectivity index (χ0n) is 14.5. The van der Waals surface area contributed by atoms with Gasteiger partial charge in [-0.15, -0.1) is 0 Å². The van der Waals surface area contributed by atoms with Gasteiger partial charge in [-0.05, 0) is 30.7 Å². The fourth-order valence-corrected chi connectivity index (χ4v) is 2.37. The van der Waals surface area contributed by atoms with Gasteiger partial charge < -0.3 is 24.5 Å². The molecular weight excluding hydrogens is 342 g/mol. The third-order valence-electron chi connectivity index (χ3n) is 3.50. The predicted octanol–water partition coefficient (Wildman–Crippen LogP) is 3.21. The average Bonchev–Trinajstić information content (AvgIpc) is 3.14. The summed E-state index contributed by atoms with van der Waals surface area (Å²) >= 11 is 5.97. The molecule has 1 aromatic heterocycles. The molecule has 0 spiro atoms. The topological polar surface area (TPSA) is 68.0 Å². The summed E-state index contributed by atoms with van der Waals surface area (Å²) in [5.41, 5.74) is 1.01. The molecule has 0 bridgehead atoms. The quantitative estimate of drug-likeness (QED) is 0.405. The smallest absolute Gasteiger partial charge is 0.191 e. The highest BCUT2D eigenvalue weighted by Crippen LogP contribution is 2.22. The summed E-state index contributed by atoms with van der Waals surface area (Å²) in [5, 5.41) is 7.15. The van der Waals surface area contributed by atoms with Gasteiger partial charge in [0.15, 0.2) is 5.96 Å². The molecule has 0 radical (unpaired) electrons. The molecule has 0 aliphatic carbocycles. The van der Waals surface area contributed by atoms with E-state index in [1.54, 1.807) is 26.5 Å². The minimum absolute atomic E-state index is 0.496. The van der Waals surface area contributed by atoms with E-state index in [0.717, 1.165) is 36.0 Å². The van der Waals surface area contributed by atoms with Crippen molar-refractivity contribution >= 4 is 17.6 Å². The van der Waals surface area contributed by atoms with Crippen molar-refractivity contribution in [3.63, 3.8) is 0 Å². The Labute approximate surface area is 153 Å². The average molecular weight is 366 g/mol. The zero-order chi connectivity index (χ0) is 17.9. The van der Waals surface area contributed by atoms with Crippen molar-refractivity contribution in [1.29, 1.82) is 0 Å². The number of hydrogen-bond acceptors (Lipinski definition) is 4. The van der Waals surface area contributed by atoms with Crippen molar-refractivity contribution in [2.45, 2.75) is 19.6 Å². The van der Waals surface area contributed by atoms with Gasteiger partial charge in [-0.3, -0.25) is 4.99 Å². The summed E-state index contributed by atoms with van der Waals surface area (Å²) in [6.07, 6.45) is 2.51. The van der Waals surface area contributed by atoms with Crippen LogP contribution >= 0.6 is 11.6 Å². The highest BCUT2D eigenvalue weighted by molar-refractivity contribution is 6.30. The lowest BCUT2D eigenvalue weighted by Gasteiger charge is -2.14. The van der Waals surface area contributed by atoms with Crippen molar-refractivity contribution in [2.75, 3.05) is 27.3 Å². The van der Waals surface area contributed by atoms with E-state index >= 15 is 0 Å². The van der Waals surface area contributed by atoms with Crippen LogP contribution in [0.3, 0.4) is 0 Å². The Morgan fingerprint density at radius 3 is 2.88 bits per heavy atom. The first-order valence-corrected chi connectivity index (χ1v) is 8.47. The molecule has 0 aliphatic heterocycles. The summed E-state index contributed by atoms with van der Waals surface area (Å²) < 4.78 is 16.1. The van der Waals surface area contributed by atoms with Crippen LogP contribution in [0.4, 0.5) is 0 Å². The molecule has 2 aromatic rings. The normalized spacial score (nSPS) is 11.4. The molecule has 7 heteroatoms. The van der Waals surface area contributed by atoms with Crippen LogP contribution < -0.4 is 15.4 Å². The summed E-state index contributed by atoms with van der Waals surface area (Å²) in [6, 6.07) is 9.32. The number of aliphatic imine (C=N–C) groups is 1. The molecule has 0 amide bonds. The third kappa shape index (κ3) is 6.68. The highest BCUT2D eigenvalue weighted by atomic mass is 35.5. The van der Waals surface area contributed by atoms with Gasteiger partial charge in [-0.25, -0.2) is 0 Å². The van der Waals surface area contributed by atoms with Crippen LogP contribution in [-0.2, 0) is 17.9 Å². The molecule has 1 aromatic carbocycles. The maximum absolute atomic E-state index is 5.97. The van der Waals surface area contributed by atoms with Crippen LogP contribution in [0.1, 0.15) is 17.7 Å². The Morgan fingerprint density at radius 1 is 1.28 bits per heavy atom. The lowest BCUT2D eigenvalue weighted by Crippen LogP contribution is -2.37. The number of nitrogens with zero attached hydrogens (tertiary/aromatic N) is 1. The lowest BCUT2D eigenvalue weighted by molar-refractivity contribution is 0.105. The standard InChI is InChI=1S/C18H24ClN3O3/c1-20-18(21-8-4-9-24-13-16-5-3-10-25-16)22-12-14-6-7-15(19)11-17(14)23-2/h3,5-7,10-11H,4,8-9,12-13H2,1-2H3,(H2,20,21,22). The second kappa shape index (κ2) is 10.6. The molecule has 0 atom stereocenters. The number of hydrogen-bond donors (Lipinski definition) is 2. The number of ether oxygens (including phenoxy) is 2. The Hall–Kier alpha value is -2.18. The van der Waals surface area contributed by atoms with E-state index < -0.39 is 0 Å². The summed E-state index contributed by atoms with van der Waals surface area (Å²) in [7, 11) is 3.37. The van der Waals surface area contributed by atoms with Crippen molar-refractivity contribution in [3.05, 3.63) is 52.9 Å². The molecular formula is C18H24ClN3O3. The third-order valence-corrected chi connectivity index (χ3v) is 3.74. The van der Waals surface area contributed by atoms with Crippen molar-refractivity contribution in [1.82, 2.24) is 10.6 Å². The van der Waals surface area contributed by atoms with Gasteiger partial charge in [0, 0.05) is 37.3 Å². The Bertz CT molecular complexity index is 660. The number of furan rings is 1. The molecule has 0 fully saturated rings. The second-order valence-corrected chi connectivity index (χ2v) is 5.73. The Kier molecular flexibility index (Phi) is 8.15. The Morgan fingerprint density at radius 2 is 2.16 bits per heavy atom. The van der Waals surface area contributed by atoms with Crippen LogP contribution in [0, 0.1) is 0 Å². The van der Waals surface area contributed by atoms with Gasteiger partial charge in [-0.2, -0.15) is 0 Å². The minimum atomic E-state index is 0.496. The number of benzene rings is 1. The largest absolute Gasteiger partial charge is 0.496 e. The van der Waals surface area contributed by atoms with E-state index in [1.165, 1.54) is 0 Å². The van der Waals surface area contributed by atoms with Gasteiger partial charge in [-0.1, -0.05) is 17.7 Å². The molecule has 1 heterocycles. The van der Waals surface area contributed by atoms with Crippen LogP contribution in [-0.4, -0.2) is 33.3 Å². The molecule has 0 saturated carbocycles. The molecule has 0 aliphatic rings. The molecule has 2 rings (SSSR count). The van der Waals surface area contributed by atoms with Crippen LogP contribution in [0.25, 0.3) is 0 Å². The fraction of sp³-hybridized carbons (Fsp3) is 0.389. The first-order chi connectivity index (χ1) is 12.2. The first-order valence-electron chi connectivity index (χ1n) is 8.10.